The Morgan fingerprint density at radius 2 is 1.92 bits per heavy atom. The molecule has 0 aliphatic carbocycles. The number of hydrogen-bond acceptors (Lipinski definition) is 1. The summed E-state index contributed by atoms with van der Waals surface area (Å²) in [4.78, 5) is 3.10. The predicted octanol–water partition coefficient (Wildman–Crippen LogP) is 1.55. The van der Waals surface area contributed by atoms with Gasteiger partial charge >= 0.3 is 0 Å². The van der Waals surface area contributed by atoms with E-state index in [0.717, 1.165) is 0 Å². The van der Waals surface area contributed by atoms with Gasteiger partial charge in [-0.25, -0.2) is 0 Å². The molecule has 0 N–H and O–H groups in total. The van der Waals surface area contributed by atoms with E-state index in [-0.39, 0.29) is 0 Å². The van der Waals surface area contributed by atoms with Crippen molar-refractivity contribution in [2.45, 2.75) is 18.2 Å². The Kier molecular flexibility index (Phi) is 4.20. The van der Waals surface area contributed by atoms with Gasteiger partial charge in [0.2, 0.25) is 0 Å². The summed E-state index contributed by atoms with van der Waals surface area (Å²) in [7, 11) is 4.61. The molecule has 0 bridgehead atoms. The van der Waals surface area contributed by atoms with Gasteiger partial charge in [0.05, 0.1) is 26.7 Å². The van der Waals surface area contributed by atoms with Crippen LogP contribution in [0.2, 0.25) is 0 Å². The Bertz CT molecular complexity index is 151. The maximum atomic E-state index is 3.62. The Balaban J connectivity index is 2.30. The third-order valence-corrected chi connectivity index (χ3v) is 3.57. The molecule has 0 spiro atoms. The van der Waals surface area contributed by atoms with E-state index >= 15 is 0 Å². The van der Waals surface area contributed by atoms with Crippen LogP contribution in [0.4, 0.5) is 0 Å². The number of nitrogens with zero attached hydrogens (tertiary/aromatic N) is 2. The monoisotopic (exact) mass is 249 g/mol. The standard InChI is InChI=1S/C10H22BrN2/c1-10(11)4-7-13(3)8-5-12(2)6-9-13/h10H,4-9H2,1-3H3/q+1. The van der Waals surface area contributed by atoms with Crippen LogP contribution in [-0.4, -0.2) is 61.0 Å². The molecule has 1 heterocycles. The Hall–Kier alpha value is 0.400. The second-order valence-corrected chi connectivity index (χ2v) is 6.23. The zero-order valence-electron chi connectivity index (χ0n) is 9.09. The molecule has 1 fully saturated rings. The fraction of sp³-hybridized carbons (Fsp3) is 1.00. The van der Waals surface area contributed by atoms with Crippen molar-refractivity contribution >= 4 is 15.9 Å². The summed E-state index contributed by atoms with van der Waals surface area (Å²) in [6.07, 6.45) is 1.29. The molecule has 78 valence electrons. The smallest absolute Gasteiger partial charge is 0.0914 e. The van der Waals surface area contributed by atoms with E-state index in [2.05, 4.69) is 41.8 Å². The molecule has 2 nitrogen and oxygen atoms in total. The summed E-state index contributed by atoms with van der Waals surface area (Å²) in [5, 5.41) is 0. The zero-order chi connectivity index (χ0) is 9.90. The molecule has 0 radical (unpaired) electrons. The predicted molar refractivity (Wildman–Crippen MR) is 61.3 cm³/mol. The van der Waals surface area contributed by atoms with Gasteiger partial charge in [-0.1, -0.05) is 22.9 Å². The van der Waals surface area contributed by atoms with Crippen molar-refractivity contribution in [1.82, 2.24) is 4.90 Å². The van der Waals surface area contributed by atoms with Crippen LogP contribution in [0.3, 0.4) is 0 Å². The van der Waals surface area contributed by atoms with Crippen LogP contribution in [0.15, 0.2) is 0 Å². The molecular weight excluding hydrogens is 228 g/mol. The summed E-state index contributed by atoms with van der Waals surface area (Å²) < 4.78 is 1.26. The second kappa shape index (κ2) is 4.76. The fourth-order valence-electron chi connectivity index (χ4n) is 1.76. The van der Waals surface area contributed by atoms with Crippen LogP contribution in [0.5, 0.6) is 0 Å². The van der Waals surface area contributed by atoms with Gasteiger partial charge in [-0.2, -0.15) is 0 Å². The summed E-state index contributed by atoms with van der Waals surface area (Å²) in [5.41, 5.74) is 0. The van der Waals surface area contributed by atoms with E-state index in [4.69, 9.17) is 0 Å². The van der Waals surface area contributed by atoms with Crippen molar-refractivity contribution in [3.63, 3.8) is 0 Å². The minimum atomic E-state index is 0.669. The molecule has 1 saturated heterocycles. The van der Waals surface area contributed by atoms with Crippen LogP contribution < -0.4 is 0 Å². The summed E-state index contributed by atoms with van der Waals surface area (Å²) in [6, 6.07) is 0. The highest BCUT2D eigenvalue weighted by Crippen LogP contribution is 2.13. The first-order valence-corrected chi connectivity index (χ1v) is 6.10. The summed E-state index contributed by atoms with van der Waals surface area (Å²) >= 11 is 3.62. The largest absolute Gasteiger partial charge is 0.324 e. The molecule has 0 saturated carbocycles. The van der Waals surface area contributed by atoms with E-state index < -0.39 is 0 Å². The first kappa shape index (κ1) is 11.5. The van der Waals surface area contributed by atoms with E-state index in [9.17, 15) is 0 Å². The van der Waals surface area contributed by atoms with Gasteiger partial charge in [0, 0.05) is 24.3 Å². The lowest BCUT2D eigenvalue weighted by Crippen LogP contribution is -2.56. The number of rotatable bonds is 3. The van der Waals surface area contributed by atoms with Gasteiger partial charge in [-0.3, -0.25) is 4.90 Å². The van der Waals surface area contributed by atoms with Crippen LogP contribution in [-0.2, 0) is 0 Å². The number of likely N-dealkylation sites (N-methyl/N-ethyl adjacent to an activating group) is 2. The van der Waals surface area contributed by atoms with E-state index in [1.54, 1.807) is 0 Å². The first-order valence-electron chi connectivity index (χ1n) is 5.18. The van der Waals surface area contributed by atoms with Crippen LogP contribution in [0.25, 0.3) is 0 Å². The van der Waals surface area contributed by atoms with Gasteiger partial charge in [0.15, 0.2) is 0 Å². The third-order valence-electron chi connectivity index (χ3n) is 3.11. The highest BCUT2D eigenvalue weighted by Gasteiger charge is 2.26. The molecule has 0 aromatic carbocycles. The van der Waals surface area contributed by atoms with E-state index in [1.165, 1.54) is 43.6 Å². The highest BCUT2D eigenvalue weighted by molar-refractivity contribution is 9.09. The lowest BCUT2D eigenvalue weighted by atomic mass is 10.2. The van der Waals surface area contributed by atoms with Crippen molar-refractivity contribution in [1.29, 1.82) is 0 Å². The normalized spacial score (nSPS) is 25.8. The molecule has 13 heavy (non-hydrogen) atoms. The van der Waals surface area contributed by atoms with Crippen LogP contribution in [0.1, 0.15) is 13.3 Å². The summed E-state index contributed by atoms with van der Waals surface area (Å²) in [5.74, 6) is 0. The van der Waals surface area contributed by atoms with Gasteiger partial charge in [0.1, 0.15) is 0 Å². The average Bonchev–Trinajstić information content (AvgIpc) is 2.08. The lowest BCUT2D eigenvalue weighted by molar-refractivity contribution is -0.913. The quantitative estimate of drug-likeness (QED) is 0.542. The van der Waals surface area contributed by atoms with Crippen LogP contribution in [0, 0.1) is 0 Å². The maximum Gasteiger partial charge on any atom is 0.0914 e. The van der Waals surface area contributed by atoms with E-state index in [1.807, 2.05) is 0 Å². The minimum Gasteiger partial charge on any atom is -0.324 e. The molecule has 1 aliphatic heterocycles. The Morgan fingerprint density at radius 3 is 2.38 bits per heavy atom. The maximum absolute atomic E-state index is 3.62. The van der Waals surface area contributed by atoms with E-state index in [0.29, 0.717) is 4.83 Å². The zero-order valence-corrected chi connectivity index (χ0v) is 10.7. The average molecular weight is 250 g/mol. The molecule has 0 aromatic rings. The number of hydrogen-bond donors (Lipinski definition) is 0. The molecule has 3 heteroatoms. The minimum absolute atomic E-state index is 0.669. The highest BCUT2D eigenvalue weighted by atomic mass is 79.9. The molecule has 0 aromatic heterocycles. The van der Waals surface area contributed by atoms with Crippen molar-refractivity contribution in [3.05, 3.63) is 0 Å². The number of alkyl halides is 1. The van der Waals surface area contributed by atoms with Gasteiger partial charge in [0.25, 0.3) is 0 Å². The lowest BCUT2D eigenvalue weighted by Gasteiger charge is -2.41. The second-order valence-electron chi connectivity index (χ2n) is 4.66. The number of piperazine rings is 1. The molecular formula is C10H22BrN2+. The number of quaternary nitrogens is 1. The molecule has 1 rings (SSSR count). The molecule has 1 unspecified atom stereocenters. The van der Waals surface area contributed by atoms with Gasteiger partial charge < -0.3 is 4.48 Å². The van der Waals surface area contributed by atoms with Gasteiger partial charge in [-0.05, 0) is 7.05 Å². The Morgan fingerprint density at radius 1 is 1.38 bits per heavy atom. The van der Waals surface area contributed by atoms with Crippen molar-refractivity contribution < 1.29 is 4.48 Å². The fourth-order valence-corrected chi connectivity index (χ4v) is 1.97. The molecule has 1 atom stereocenters. The Labute approximate surface area is 90.6 Å². The van der Waals surface area contributed by atoms with Crippen LogP contribution >= 0.6 is 15.9 Å². The topological polar surface area (TPSA) is 3.24 Å². The summed E-state index contributed by atoms with van der Waals surface area (Å²) in [6.45, 7) is 8.70. The van der Waals surface area contributed by atoms with Crippen molar-refractivity contribution in [2.75, 3.05) is 46.8 Å². The molecule has 0 amide bonds. The number of halogens is 1. The third kappa shape index (κ3) is 3.96. The molecule has 1 aliphatic rings. The first-order chi connectivity index (χ1) is 6.02. The SMILES string of the molecule is CC(Br)CC[N+]1(C)CCN(C)CC1. The van der Waals surface area contributed by atoms with Crippen molar-refractivity contribution in [2.24, 2.45) is 0 Å². The van der Waals surface area contributed by atoms with Crippen molar-refractivity contribution in [3.8, 4) is 0 Å². The van der Waals surface area contributed by atoms with Gasteiger partial charge in [-0.15, -0.1) is 0 Å².